The second-order valence-electron chi connectivity index (χ2n) is 5.74. The van der Waals surface area contributed by atoms with Crippen molar-refractivity contribution in [3.05, 3.63) is 29.3 Å². The lowest BCUT2D eigenvalue weighted by Gasteiger charge is -2.40. The lowest BCUT2D eigenvalue weighted by molar-refractivity contribution is -0.124. The van der Waals surface area contributed by atoms with Crippen LogP contribution in [0.2, 0.25) is 0 Å². The van der Waals surface area contributed by atoms with E-state index >= 15 is 0 Å². The van der Waals surface area contributed by atoms with Crippen LogP contribution >= 0.6 is 11.8 Å². The van der Waals surface area contributed by atoms with Gasteiger partial charge in [-0.05, 0) is 55.2 Å². The Morgan fingerprint density at radius 3 is 3.00 bits per heavy atom. The maximum Gasteiger partial charge on any atom is 0.156 e. The van der Waals surface area contributed by atoms with Crippen LogP contribution in [0.4, 0.5) is 0 Å². The molecule has 1 aliphatic heterocycles. The summed E-state index contributed by atoms with van der Waals surface area (Å²) >= 11 is 1.85. The monoisotopic (exact) mass is 276 g/mol. The van der Waals surface area contributed by atoms with Gasteiger partial charge in [0.1, 0.15) is 5.75 Å². The molecule has 0 radical (unpaired) electrons. The van der Waals surface area contributed by atoms with E-state index in [1.165, 1.54) is 17.5 Å². The standard InChI is InChI=1S/C16H20O2S/c1-16-7-3-4-8-19-14(15(16)17)9-11-5-6-12(18-2)10-13(11)16/h5-6,10,14H,3-4,7-9H2,1-2H3. The Balaban J connectivity index is 2.12. The fourth-order valence-corrected chi connectivity index (χ4v) is 4.72. The van der Waals surface area contributed by atoms with Crippen LogP contribution in [0.3, 0.4) is 0 Å². The smallest absolute Gasteiger partial charge is 0.156 e. The minimum Gasteiger partial charge on any atom is -0.497 e. The van der Waals surface area contributed by atoms with Gasteiger partial charge >= 0.3 is 0 Å². The van der Waals surface area contributed by atoms with Crippen LogP contribution < -0.4 is 4.74 Å². The summed E-state index contributed by atoms with van der Waals surface area (Å²) in [6.45, 7) is 2.13. The fourth-order valence-electron chi connectivity index (χ4n) is 3.35. The molecule has 1 fully saturated rings. The highest BCUT2D eigenvalue weighted by atomic mass is 32.2. The number of rotatable bonds is 1. The van der Waals surface area contributed by atoms with Gasteiger partial charge in [0, 0.05) is 0 Å². The van der Waals surface area contributed by atoms with E-state index in [1.807, 2.05) is 17.8 Å². The van der Waals surface area contributed by atoms with Gasteiger partial charge in [0.15, 0.2) is 5.78 Å². The number of methoxy groups -OCH3 is 1. The summed E-state index contributed by atoms with van der Waals surface area (Å²) in [5.74, 6) is 2.41. The number of carbonyl (C=O) groups excluding carboxylic acids is 1. The first-order chi connectivity index (χ1) is 9.15. The molecule has 0 aromatic heterocycles. The van der Waals surface area contributed by atoms with E-state index in [2.05, 4.69) is 19.1 Å². The molecule has 1 aliphatic carbocycles. The van der Waals surface area contributed by atoms with Crippen molar-refractivity contribution in [2.45, 2.75) is 43.3 Å². The Hall–Kier alpha value is -0.960. The van der Waals surface area contributed by atoms with Gasteiger partial charge in [0.25, 0.3) is 0 Å². The number of benzene rings is 1. The molecule has 2 bridgehead atoms. The first-order valence-electron chi connectivity index (χ1n) is 6.98. The van der Waals surface area contributed by atoms with Gasteiger partial charge in [-0.15, -0.1) is 0 Å². The average Bonchev–Trinajstić information content (AvgIpc) is 2.43. The second-order valence-corrected chi connectivity index (χ2v) is 7.05. The number of Topliss-reactive ketones (excluding diaryl/α,β-unsaturated/α-hetero) is 1. The molecule has 0 amide bonds. The third-order valence-electron chi connectivity index (χ3n) is 4.54. The largest absolute Gasteiger partial charge is 0.497 e. The molecule has 2 nitrogen and oxygen atoms in total. The van der Waals surface area contributed by atoms with Gasteiger partial charge in [0.05, 0.1) is 17.8 Å². The van der Waals surface area contributed by atoms with Gasteiger partial charge in [-0.25, -0.2) is 0 Å². The molecule has 3 rings (SSSR count). The first-order valence-corrected chi connectivity index (χ1v) is 8.03. The Kier molecular flexibility index (Phi) is 3.34. The minimum absolute atomic E-state index is 0.159. The highest BCUT2D eigenvalue weighted by Gasteiger charge is 2.45. The van der Waals surface area contributed by atoms with E-state index < -0.39 is 0 Å². The lowest BCUT2D eigenvalue weighted by Crippen LogP contribution is -2.45. The van der Waals surface area contributed by atoms with Gasteiger partial charge < -0.3 is 4.74 Å². The van der Waals surface area contributed by atoms with Crippen LogP contribution in [-0.4, -0.2) is 23.9 Å². The summed E-state index contributed by atoms with van der Waals surface area (Å²) in [5, 5.41) is 0.159. The number of fused-ring (bicyclic) bond motifs is 4. The molecule has 2 atom stereocenters. The van der Waals surface area contributed by atoms with Crippen molar-refractivity contribution >= 4 is 17.5 Å². The molecule has 1 aromatic rings. The molecule has 102 valence electrons. The van der Waals surface area contributed by atoms with Crippen molar-refractivity contribution in [1.82, 2.24) is 0 Å². The number of carbonyl (C=O) groups is 1. The summed E-state index contributed by atoms with van der Waals surface area (Å²) in [4.78, 5) is 12.8. The number of hydrogen-bond acceptors (Lipinski definition) is 3. The van der Waals surface area contributed by atoms with Crippen molar-refractivity contribution in [3.8, 4) is 5.75 Å². The highest BCUT2D eigenvalue weighted by molar-refractivity contribution is 8.00. The van der Waals surface area contributed by atoms with Gasteiger partial charge in [-0.2, -0.15) is 11.8 Å². The predicted molar refractivity (Wildman–Crippen MR) is 79.2 cm³/mol. The zero-order valence-electron chi connectivity index (χ0n) is 11.6. The van der Waals surface area contributed by atoms with Crippen LogP contribution in [0.25, 0.3) is 0 Å². The third-order valence-corrected chi connectivity index (χ3v) is 5.85. The van der Waals surface area contributed by atoms with Crippen molar-refractivity contribution in [2.24, 2.45) is 0 Å². The minimum atomic E-state index is -0.305. The van der Waals surface area contributed by atoms with E-state index in [4.69, 9.17) is 4.74 Å². The molecule has 0 saturated carbocycles. The average molecular weight is 276 g/mol. The fraction of sp³-hybridized carbons (Fsp3) is 0.562. The van der Waals surface area contributed by atoms with Crippen molar-refractivity contribution in [2.75, 3.05) is 12.9 Å². The maximum atomic E-state index is 12.8. The van der Waals surface area contributed by atoms with Gasteiger partial charge in [0.2, 0.25) is 0 Å². The number of ether oxygens (including phenoxy) is 1. The molecular formula is C16H20O2S. The second kappa shape index (κ2) is 4.86. The Morgan fingerprint density at radius 1 is 1.37 bits per heavy atom. The van der Waals surface area contributed by atoms with Crippen LogP contribution in [0.15, 0.2) is 18.2 Å². The zero-order valence-corrected chi connectivity index (χ0v) is 12.4. The van der Waals surface area contributed by atoms with Gasteiger partial charge in [-0.3, -0.25) is 4.79 Å². The van der Waals surface area contributed by atoms with Crippen LogP contribution in [0, 0.1) is 0 Å². The molecule has 0 spiro atoms. The highest BCUT2D eigenvalue weighted by Crippen LogP contribution is 2.44. The molecule has 1 saturated heterocycles. The third kappa shape index (κ3) is 2.08. The van der Waals surface area contributed by atoms with E-state index in [9.17, 15) is 4.79 Å². The first kappa shape index (κ1) is 13.0. The SMILES string of the molecule is COc1ccc2c(c1)C1(C)CCCCSC(C2)C1=O. The molecule has 1 aromatic carbocycles. The molecular weight excluding hydrogens is 256 g/mol. The summed E-state index contributed by atoms with van der Waals surface area (Å²) in [6.07, 6.45) is 4.23. The summed E-state index contributed by atoms with van der Waals surface area (Å²) in [5.41, 5.74) is 2.23. The molecule has 2 aliphatic rings. The lowest BCUT2D eigenvalue weighted by atomic mass is 9.67. The Morgan fingerprint density at radius 2 is 2.21 bits per heavy atom. The van der Waals surface area contributed by atoms with Gasteiger partial charge in [-0.1, -0.05) is 12.5 Å². The normalized spacial score (nSPS) is 30.2. The number of thioether (sulfide) groups is 1. The quantitative estimate of drug-likeness (QED) is 0.786. The van der Waals surface area contributed by atoms with Crippen molar-refractivity contribution < 1.29 is 9.53 Å². The topological polar surface area (TPSA) is 26.3 Å². The summed E-state index contributed by atoms with van der Waals surface area (Å²) < 4.78 is 5.34. The van der Waals surface area contributed by atoms with E-state index in [-0.39, 0.29) is 10.7 Å². The van der Waals surface area contributed by atoms with Crippen molar-refractivity contribution in [3.63, 3.8) is 0 Å². The zero-order chi connectivity index (χ0) is 13.5. The van der Waals surface area contributed by atoms with Crippen LogP contribution in [0.5, 0.6) is 5.75 Å². The maximum absolute atomic E-state index is 12.8. The molecule has 3 heteroatoms. The van der Waals surface area contributed by atoms with E-state index in [1.54, 1.807) is 7.11 Å². The van der Waals surface area contributed by atoms with E-state index in [0.717, 1.165) is 30.8 Å². The molecule has 1 heterocycles. The van der Waals surface area contributed by atoms with Crippen molar-refractivity contribution in [1.29, 1.82) is 0 Å². The molecule has 2 unspecified atom stereocenters. The Bertz CT molecular complexity index is 511. The predicted octanol–water partition coefficient (Wildman–Crippen LogP) is 3.36. The Labute approximate surface area is 118 Å². The number of ketones is 1. The summed E-state index contributed by atoms with van der Waals surface area (Å²) in [7, 11) is 1.69. The molecule has 0 N–H and O–H groups in total. The van der Waals surface area contributed by atoms with E-state index in [0.29, 0.717) is 5.78 Å². The molecule has 19 heavy (non-hydrogen) atoms. The van der Waals surface area contributed by atoms with Crippen LogP contribution in [-0.2, 0) is 16.6 Å². The number of hydrogen-bond donors (Lipinski definition) is 0. The summed E-state index contributed by atoms with van der Waals surface area (Å²) in [6, 6.07) is 6.24. The van der Waals surface area contributed by atoms with Crippen LogP contribution in [0.1, 0.15) is 37.3 Å².